The first-order valence-corrected chi connectivity index (χ1v) is 12.1. The van der Waals surface area contributed by atoms with Crippen LogP contribution in [0.2, 0.25) is 10.0 Å². The summed E-state index contributed by atoms with van der Waals surface area (Å²) in [5.41, 5.74) is 3.08. The van der Waals surface area contributed by atoms with E-state index in [9.17, 15) is 23.5 Å². The fraction of sp³-hybridized carbons (Fsp3) is 0.103. The van der Waals surface area contributed by atoms with Gasteiger partial charge in [0.15, 0.2) is 0 Å². The van der Waals surface area contributed by atoms with E-state index < -0.39 is 29.6 Å². The van der Waals surface area contributed by atoms with Crippen molar-refractivity contribution < 1.29 is 28.2 Å². The number of nitrogens with one attached hydrogen (secondary N) is 1. The lowest BCUT2D eigenvalue weighted by molar-refractivity contribution is -0.141. The predicted molar refractivity (Wildman–Crippen MR) is 142 cm³/mol. The number of methoxy groups -OCH3 is 1. The Bertz CT molecular complexity index is 1510. The molecule has 0 aliphatic rings. The van der Waals surface area contributed by atoms with Crippen molar-refractivity contribution in [3.8, 4) is 28.0 Å². The number of benzene rings is 4. The molecule has 4 aromatic carbocycles. The van der Waals surface area contributed by atoms with Gasteiger partial charge in [0.25, 0.3) is 5.91 Å². The summed E-state index contributed by atoms with van der Waals surface area (Å²) in [5.74, 6) is -2.57. The highest BCUT2D eigenvalue weighted by atomic mass is 35.5. The van der Waals surface area contributed by atoms with Gasteiger partial charge in [-0.2, -0.15) is 0 Å². The molecule has 4 aromatic rings. The van der Waals surface area contributed by atoms with E-state index in [1.165, 1.54) is 49.6 Å². The van der Waals surface area contributed by atoms with Crippen molar-refractivity contribution in [2.75, 3.05) is 7.11 Å². The van der Waals surface area contributed by atoms with Gasteiger partial charge in [0.2, 0.25) is 0 Å². The molecule has 0 saturated heterocycles. The molecule has 5 nitrogen and oxygen atoms in total. The van der Waals surface area contributed by atoms with Gasteiger partial charge in [-0.25, -0.2) is 8.78 Å². The second-order valence-electron chi connectivity index (χ2n) is 8.42. The van der Waals surface area contributed by atoms with E-state index >= 15 is 0 Å². The minimum Gasteiger partial charge on any atom is -0.507 e. The second-order valence-corrected chi connectivity index (χ2v) is 9.23. The maximum atomic E-state index is 13.6. The summed E-state index contributed by atoms with van der Waals surface area (Å²) >= 11 is 11.8. The number of halogens is 4. The minimum atomic E-state index is -0.788. The van der Waals surface area contributed by atoms with Gasteiger partial charge < -0.3 is 15.2 Å². The lowest BCUT2D eigenvalue weighted by atomic mass is 9.98. The molecule has 0 fully saturated rings. The number of phenolic OH excluding ortho intramolecular Hbond substituents is 1. The molecule has 0 aliphatic heterocycles. The molecule has 38 heavy (non-hydrogen) atoms. The van der Waals surface area contributed by atoms with E-state index in [2.05, 4.69) is 5.32 Å². The largest absolute Gasteiger partial charge is 0.507 e. The monoisotopic (exact) mass is 555 g/mol. The van der Waals surface area contributed by atoms with Crippen LogP contribution in [0, 0.1) is 11.6 Å². The molecule has 0 radical (unpaired) electrons. The SMILES string of the molecule is COC(=O)CC(NC(=O)c1cc(-c2ccc(F)c(Cl)c2)ccc1O)c1ccc(-c2ccc(F)c(Cl)c2)cc1. The van der Waals surface area contributed by atoms with Crippen molar-refractivity contribution in [3.63, 3.8) is 0 Å². The van der Waals surface area contributed by atoms with Crippen LogP contribution >= 0.6 is 23.2 Å². The smallest absolute Gasteiger partial charge is 0.307 e. The number of ether oxygens (including phenoxy) is 1. The van der Waals surface area contributed by atoms with Crippen LogP contribution in [-0.4, -0.2) is 24.1 Å². The van der Waals surface area contributed by atoms with Gasteiger partial charge in [0.1, 0.15) is 17.4 Å². The predicted octanol–water partition coefficient (Wildman–Crippen LogP) is 7.35. The number of aromatic hydroxyl groups is 1. The Balaban J connectivity index is 1.61. The number of esters is 1. The highest BCUT2D eigenvalue weighted by Gasteiger charge is 2.22. The highest BCUT2D eigenvalue weighted by Crippen LogP contribution is 2.31. The fourth-order valence-corrected chi connectivity index (χ4v) is 4.26. The summed E-state index contributed by atoms with van der Waals surface area (Å²) in [6, 6.07) is 19.0. The summed E-state index contributed by atoms with van der Waals surface area (Å²) < 4.78 is 31.9. The van der Waals surface area contributed by atoms with Crippen LogP contribution in [0.1, 0.15) is 28.4 Å². The molecule has 0 aromatic heterocycles. The molecule has 0 spiro atoms. The third-order valence-electron chi connectivity index (χ3n) is 5.96. The van der Waals surface area contributed by atoms with Gasteiger partial charge in [-0.3, -0.25) is 9.59 Å². The maximum Gasteiger partial charge on any atom is 0.307 e. The number of rotatable bonds is 7. The standard InChI is InChI=1S/C29H21Cl2F2NO4/c1-38-28(36)15-26(17-4-2-16(3-5-17)19-6-9-24(32)22(30)13-19)34-29(37)21-12-18(8-11-27(21)35)20-7-10-25(33)23(31)14-20/h2-14,26,35H,15H2,1H3,(H,34,37). The zero-order valence-electron chi connectivity index (χ0n) is 20.0. The van der Waals surface area contributed by atoms with Crippen molar-refractivity contribution in [2.45, 2.75) is 12.5 Å². The Morgan fingerprint density at radius 1 is 0.816 bits per heavy atom. The van der Waals surface area contributed by atoms with E-state index in [0.717, 1.165) is 5.56 Å². The van der Waals surface area contributed by atoms with Crippen molar-refractivity contribution in [2.24, 2.45) is 0 Å². The average Bonchev–Trinajstić information content (AvgIpc) is 2.91. The number of amides is 1. The first-order valence-electron chi connectivity index (χ1n) is 11.4. The van der Waals surface area contributed by atoms with Crippen molar-refractivity contribution in [3.05, 3.63) is 112 Å². The number of carbonyl (C=O) groups is 2. The maximum absolute atomic E-state index is 13.6. The van der Waals surface area contributed by atoms with Gasteiger partial charge in [-0.15, -0.1) is 0 Å². The second kappa shape index (κ2) is 11.6. The average molecular weight is 556 g/mol. The Morgan fingerprint density at radius 3 is 1.87 bits per heavy atom. The van der Waals surface area contributed by atoms with Gasteiger partial charge in [0, 0.05) is 0 Å². The summed E-state index contributed by atoms with van der Waals surface area (Å²) in [4.78, 5) is 25.3. The lowest BCUT2D eigenvalue weighted by Crippen LogP contribution is -2.30. The summed E-state index contributed by atoms with van der Waals surface area (Å²) in [5, 5.41) is 13.1. The van der Waals surface area contributed by atoms with E-state index in [0.29, 0.717) is 22.3 Å². The molecule has 0 bridgehead atoms. The van der Waals surface area contributed by atoms with E-state index in [-0.39, 0.29) is 27.8 Å². The van der Waals surface area contributed by atoms with Crippen LogP contribution in [0.4, 0.5) is 8.78 Å². The van der Waals surface area contributed by atoms with Crippen molar-refractivity contribution in [1.82, 2.24) is 5.32 Å². The number of hydrogen-bond donors (Lipinski definition) is 2. The lowest BCUT2D eigenvalue weighted by Gasteiger charge is -2.19. The Kier molecular flexibility index (Phi) is 8.29. The van der Waals surface area contributed by atoms with E-state index in [4.69, 9.17) is 27.9 Å². The van der Waals surface area contributed by atoms with Gasteiger partial charge in [-0.05, 0) is 64.2 Å². The van der Waals surface area contributed by atoms with Crippen molar-refractivity contribution in [1.29, 1.82) is 0 Å². The van der Waals surface area contributed by atoms with Crippen LogP contribution in [0.15, 0.2) is 78.9 Å². The normalized spacial score (nSPS) is 11.6. The van der Waals surface area contributed by atoms with Crippen molar-refractivity contribution >= 4 is 35.1 Å². The molecule has 0 saturated carbocycles. The molecule has 0 heterocycles. The molecule has 0 aliphatic carbocycles. The molecule has 1 atom stereocenters. The molecule has 194 valence electrons. The molecule has 4 rings (SSSR count). The van der Waals surface area contributed by atoms with Crippen LogP contribution in [-0.2, 0) is 9.53 Å². The zero-order chi connectivity index (χ0) is 27.4. The zero-order valence-corrected chi connectivity index (χ0v) is 21.5. The Morgan fingerprint density at radius 2 is 1.32 bits per heavy atom. The van der Waals surface area contributed by atoms with Crippen LogP contribution in [0.3, 0.4) is 0 Å². The number of carbonyl (C=O) groups excluding carboxylic acids is 2. The highest BCUT2D eigenvalue weighted by molar-refractivity contribution is 6.31. The van der Waals surface area contributed by atoms with Gasteiger partial charge in [0.05, 0.1) is 35.2 Å². The van der Waals surface area contributed by atoms with E-state index in [1.807, 2.05) is 0 Å². The Labute approximate surface area is 227 Å². The number of hydrogen-bond acceptors (Lipinski definition) is 4. The van der Waals surface area contributed by atoms with E-state index in [1.54, 1.807) is 36.4 Å². The quantitative estimate of drug-likeness (QED) is 0.234. The minimum absolute atomic E-state index is 0.00708. The summed E-state index contributed by atoms with van der Waals surface area (Å²) in [7, 11) is 1.24. The fourth-order valence-electron chi connectivity index (χ4n) is 3.89. The van der Waals surface area contributed by atoms with Crippen LogP contribution in [0.5, 0.6) is 5.75 Å². The first-order chi connectivity index (χ1) is 18.2. The summed E-state index contributed by atoms with van der Waals surface area (Å²) in [6.07, 6.45) is -0.169. The third-order valence-corrected chi connectivity index (χ3v) is 6.54. The molecule has 9 heteroatoms. The van der Waals surface area contributed by atoms with Gasteiger partial charge >= 0.3 is 5.97 Å². The number of phenols is 1. The first kappa shape index (κ1) is 27.1. The molecule has 2 N–H and O–H groups in total. The molecular formula is C29H21Cl2F2NO4. The third kappa shape index (κ3) is 6.13. The molecule has 1 unspecified atom stereocenters. The molecule has 1 amide bonds. The van der Waals surface area contributed by atoms with Gasteiger partial charge in [-0.1, -0.05) is 65.7 Å². The Hall–Kier alpha value is -3.94. The summed E-state index contributed by atoms with van der Waals surface area (Å²) in [6.45, 7) is 0. The van der Waals surface area contributed by atoms with Crippen LogP contribution in [0.25, 0.3) is 22.3 Å². The van der Waals surface area contributed by atoms with Crippen LogP contribution < -0.4 is 5.32 Å². The topological polar surface area (TPSA) is 75.6 Å². The molecular weight excluding hydrogens is 535 g/mol.